The lowest BCUT2D eigenvalue weighted by molar-refractivity contribution is 0.0550. The molecule has 0 spiro atoms. The Morgan fingerprint density at radius 1 is 1.32 bits per heavy atom. The average molecular weight is 264 g/mol. The number of anilines is 1. The van der Waals surface area contributed by atoms with Gasteiger partial charge in [-0.05, 0) is 37.8 Å². The monoisotopic (exact) mass is 264 g/mol. The Hall–Kier alpha value is -1.26. The van der Waals surface area contributed by atoms with Gasteiger partial charge in [-0.3, -0.25) is 0 Å². The van der Waals surface area contributed by atoms with E-state index in [9.17, 15) is 0 Å². The van der Waals surface area contributed by atoms with Crippen LogP contribution in [0.15, 0.2) is 24.3 Å². The topological polar surface area (TPSA) is 56.5 Å². The predicted molar refractivity (Wildman–Crippen MR) is 77.7 cm³/mol. The fourth-order valence-corrected chi connectivity index (χ4v) is 2.77. The van der Waals surface area contributed by atoms with Gasteiger partial charge in [-0.25, -0.2) is 0 Å². The predicted octanol–water partition coefficient (Wildman–Crippen LogP) is 2.39. The van der Waals surface area contributed by atoms with Crippen molar-refractivity contribution < 1.29 is 9.47 Å². The molecule has 0 radical (unpaired) electrons. The number of nitrogens with two attached hydrogens (primary N) is 1. The fraction of sp³-hybridized carbons (Fsp3) is 0.600. The van der Waals surface area contributed by atoms with Gasteiger partial charge in [-0.1, -0.05) is 6.07 Å². The van der Waals surface area contributed by atoms with Gasteiger partial charge in [0.05, 0.1) is 13.2 Å². The van der Waals surface area contributed by atoms with E-state index < -0.39 is 0 Å². The van der Waals surface area contributed by atoms with E-state index in [2.05, 4.69) is 11.4 Å². The molecular formula is C15H24N2O2. The summed E-state index contributed by atoms with van der Waals surface area (Å²) in [5.74, 6) is 0.864. The van der Waals surface area contributed by atoms with Crippen LogP contribution in [0.1, 0.15) is 25.7 Å². The number of hydrogen-bond acceptors (Lipinski definition) is 4. The first-order valence-electron chi connectivity index (χ1n) is 6.86. The fourth-order valence-electron chi connectivity index (χ4n) is 2.77. The van der Waals surface area contributed by atoms with Crippen LogP contribution in [0.5, 0.6) is 5.75 Å². The Kier molecular flexibility index (Phi) is 4.66. The molecule has 4 nitrogen and oxygen atoms in total. The Labute approximate surface area is 115 Å². The van der Waals surface area contributed by atoms with Crippen LogP contribution < -0.4 is 15.8 Å². The molecule has 0 heterocycles. The molecule has 19 heavy (non-hydrogen) atoms. The summed E-state index contributed by atoms with van der Waals surface area (Å²) in [5.41, 5.74) is 7.07. The van der Waals surface area contributed by atoms with Gasteiger partial charge in [0.15, 0.2) is 0 Å². The van der Waals surface area contributed by atoms with Crippen LogP contribution >= 0.6 is 0 Å². The van der Waals surface area contributed by atoms with E-state index in [1.165, 1.54) is 0 Å². The SMILES string of the molecule is COc1cccc(NC2(CN)CCC(OC)CC2)c1. The Morgan fingerprint density at radius 3 is 2.63 bits per heavy atom. The summed E-state index contributed by atoms with van der Waals surface area (Å²) >= 11 is 0. The van der Waals surface area contributed by atoms with Gasteiger partial charge in [0.25, 0.3) is 0 Å². The molecule has 0 bridgehead atoms. The molecule has 0 saturated heterocycles. The van der Waals surface area contributed by atoms with Crippen LogP contribution in [-0.2, 0) is 4.74 Å². The van der Waals surface area contributed by atoms with Gasteiger partial charge >= 0.3 is 0 Å². The van der Waals surface area contributed by atoms with Crippen molar-refractivity contribution >= 4 is 5.69 Å². The van der Waals surface area contributed by atoms with Crippen LogP contribution in [0.4, 0.5) is 5.69 Å². The van der Waals surface area contributed by atoms with Crippen LogP contribution in [0.3, 0.4) is 0 Å². The maximum Gasteiger partial charge on any atom is 0.120 e. The van der Waals surface area contributed by atoms with Crippen molar-refractivity contribution in [2.24, 2.45) is 5.73 Å². The molecule has 3 N–H and O–H groups in total. The van der Waals surface area contributed by atoms with Crippen molar-refractivity contribution in [2.45, 2.75) is 37.3 Å². The second kappa shape index (κ2) is 6.26. The van der Waals surface area contributed by atoms with E-state index in [0.717, 1.165) is 37.1 Å². The van der Waals surface area contributed by atoms with E-state index >= 15 is 0 Å². The van der Waals surface area contributed by atoms with Gasteiger partial charge in [-0.15, -0.1) is 0 Å². The maximum absolute atomic E-state index is 6.01. The second-order valence-corrected chi connectivity index (χ2v) is 5.28. The molecule has 1 saturated carbocycles. The number of methoxy groups -OCH3 is 2. The maximum atomic E-state index is 6.01. The molecule has 1 aromatic carbocycles. The van der Waals surface area contributed by atoms with Crippen molar-refractivity contribution in [2.75, 3.05) is 26.1 Å². The molecule has 106 valence electrons. The van der Waals surface area contributed by atoms with Gasteiger partial charge in [0, 0.05) is 30.9 Å². The summed E-state index contributed by atoms with van der Waals surface area (Å²) in [6, 6.07) is 8.01. The van der Waals surface area contributed by atoms with Crippen LogP contribution in [0, 0.1) is 0 Å². The van der Waals surface area contributed by atoms with Crippen molar-refractivity contribution in [3.05, 3.63) is 24.3 Å². The largest absolute Gasteiger partial charge is 0.497 e. The van der Waals surface area contributed by atoms with E-state index in [0.29, 0.717) is 12.6 Å². The summed E-state index contributed by atoms with van der Waals surface area (Å²) < 4.78 is 10.7. The standard InChI is InChI=1S/C15H24N2O2/c1-18-13-6-8-15(11-16,9-7-13)17-12-4-3-5-14(10-12)19-2/h3-5,10,13,17H,6-9,11,16H2,1-2H3. The highest BCUT2D eigenvalue weighted by Crippen LogP contribution is 2.33. The van der Waals surface area contributed by atoms with Gasteiger partial charge in [0.1, 0.15) is 5.75 Å². The minimum Gasteiger partial charge on any atom is -0.497 e. The number of rotatable bonds is 5. The average Bonchev–Trinajstić information content (AvgIpc) is 2.48. The molecule has 0 aliphatic heterocycles. The van der Waals surface area contributed by atoms with E-state index in [4.69, 9.17) is 15.2 Å². The van der Waals surface area contributed by atoms with E-state index in [1.54, 1.807) is 14.2 Å². The highest BCUT2D eigenvalue weighted by molar-refractivity contribution is 5.50. The minimum atomic E-state index is -0.0125. The van der Waals surface area contributed by atoms with Crippen LogP contribution in [-0.4, -0.2) is 32.4 Å². The highest BCUT2D eigenvalue weighted by atomic mass is 16.5. The lowest BCUT2D eigenvalue weighted by Crippen LogP contribution is -2.49. The van der Waals surface area contributed by atoms with Gasteiger partial charge in [0.2, 0.25) is 0 Å². The first-order chi connectivity index (χ1) is 9.21. The number of hydrogen-bond donors (Lipinski definition) is 2. The zero-order valence-corrected chi connectivity index (χ0v) is 11.8. The minimum absolute atomic E-state index is 0.0125. The lowest BCUT2D eigenvalue weighted by atomic mass is 9.80. The quantitative estimate of drug-likeness (QED) is 0.857. The first-order valence-corrected chi connectivity index (χ1v) is 6.86. The van der Waals surface area contributed by atoms with Crippen molar-refractivity contribution in [3.63, 3.8) is 0 Å². The molecule has 1 aliphatic rings. The molecule has 1 aliphatic carbocycles. The van der Waals surface area contributed by atoms with Gasteiger partial charge in [-0.2, -0.15) is 0 Å². The van der Waals surface area contributed by atoms with Gasteiger partial charge < -0.3 is 20.5 Å². The smallest absolute Gasteiger partial charge is 0.120 e. The third-order valence-electron chi connectivity index (χ3n) is 4.09. The van der Waals surface area contributed by atoms with Crippen molar-refractivity contribution in [1.82, 2.24) is 0 Å². The first kappa shape index (κ1) is 14.2. The summed E-state index contributed by atoms with van der Waals surface area (Å²) in [5, 5.41) is 3.60. The molecule has 1 fully saturated rings. The number of ether oxygens (including phenoxy) is 2. The van der Waals surface area contributed by atoms with Crippen molar-refractivity contribution in [3.8, 4) is 5.75 Å². The molecule has 0 unspecified atom stereocenters. The number of benzene rings is 1. The summed E-state index contributed by atoms with van der Waals surface area (Å²) in [4.78, 5) is 0. The van der Waals surface area contributed by atoms with Crippen LogP contribution in [0.25, 0.3) is 0 Å². The van der Waals surface area contributed by atoms with E-state index in [1.807, 2.05) is 18.2 Å². The lowest BCUT2D eigenvalue weighted by Gasteiger charge is -2.40. The third-order valence-corrected chi connectivity index (χ3v) is 4.09. The zero-order chi connectivity index (χ0) is 13.7. The zero-order valence-electron chi connectivity index (χ0n) is 11.8. The molecule has 0 atom stereocenters. The molecule has 0 aromatic heterocycles. The third kappa shape index (κ3) is 3.39. The molecular weight excluding hydrogens is 240 g/mol. The number of nitrogens with one attached hydrogen (secondary N) is 1. The van der Waals surface area contributed by atoms with Crippen molar-refractivity contribution in [1.29, 1.82) is 0 Å². The van der Waals surface area contributed by atoms with Crippen LogP contribution in [0.2, 0.25) is 0 Å². The summed E-state index contributed by atoms with van der Waals surface area (Å²) in [6.07, 6.45) is 4.58. The normalized spacial score (nSPS) is 27.0. The van der Waals surface area contributed by atoms with E-state index in [-0.39, 0.29) is 5.54 Å². The summed E-state index contributed by atoms with van der Waals surface area (Å²) in [6.45, 7) is 0.640. The molecule has 2 rings (SSSR count). The molecule has 0 amide bonds. The second-order valence-electron chi connectivity index (χ2n) is 5.28. The Morgan fingerprint density at radius 2 is 2.05 bits per heavy atom. The summed E-state index contributed by atoms with van der Waals surface area (Å²) in [7, 11) is 3.47. The molecule has 1 aromatic rings. The Bertz CT molecular complexity index is 401. The highest BCUT2D eigenvalue weighted by Gasteiger charge is 2.34. The Balaban J connectivity index is 2.06. The molecule has 4 heteroatoms.